The predicted molar refractivity (Wildman–Crippen MR) is 71.8 cm³/mol. The number of pyridine rings is 1. The lowest BCUT2D eigenvalue weighted by Crippen LogP contribution is -1.94. The molecule has 6 nitrogen and oxygen atoms in total. The molecule has 0 amide bonds. The normalized spacial score (nSPS) is 10.9. The average Bonchev–Trinajstić information content (AvgIpc) is 3.00. The summed E-state index contributed by atoms with van der Waals surface area (Å²) in [5.74, 6) is 0.293. The molecule has 3 aromatic rings. The number of nitrogens with zero attached hydrogens (tertiary/aromatic N) is 4. The number of hydrogen-bond donors (Lipinski definition) is 0. The van der Waals surface area contributed by atoms with Gasteiger partial charge in [-0.05, 0) is 12.1 Å². The van der Waals surface area contributed by atoms with Crippen molar-refractivity contribution in [3.8, 4) is 23.2 Å². The molecule has 0 aliphatic rings. The zero-order chi connectivity index (χ0) is 15.5. The minimum atomic E-state index is -2.73. The van der Waals surface area contributed by atoms with Crippen LogP contribution in [0, 0.1) is 0 Å². The summed E-state index contributed by atoms with van der Waals surface area (Å²) in [6, 6.07) is 4.32. The van der Waals surface area contributed by atoms with Gasteiger partial charge in [-0.15, -0.1) is 0 Å². The van der Waals surface area contributed by atoms with E-state index in [1.54, 1.807) is 12.1 Å². The monoisotopic (exact) mass is 324 g/mol. The Hall–Kier alpha value is -2.61. The average molecular weight is 325 g/mol. The number of halogens is 3. The van der Waals surface area contributed by atoms with E-state index in [0.29, 0.717) is 5.02 Å². The summed E-state index contributed by atoms with van der Waals surface area (Å²) in [5.41, 5.74) is -0.269. The highest BCUT2D eigenvalue weighted by molar-refractivity contribution is 6.30. The van der Waals surface area contributed by atoms with Crippen molar-refractivity contribution in [1.82, 2.24) is 20.1 Å². The molecule has 3 aromatic heterocycles. The predicted octanol–water partition coefficient (Wildman–Crippen LogP) is 3.91. The smallest absolute Gasteiger partial charge is 0.322 e. The van der Waals surface area contributed by atoms with Crippen molar-refractivity contribution in [1.29, 1.82) is 0 Å². The van der Waals surface area contributed by atoms with Crippen molar-refractivity contribution in [3.05, 3.63) is 47.5 Å². The van der Waals surface area contributed by atoms with Gasteiger partial charge in [0.1, 0.15) is 0 Å². The summed E-state index contributed by atoms with van der Waals surface area (Å²) >= 11 is 5.69. The molecule has 3 rings (SSSR count). The van der Waals surface area contributed by atoms with Crippen LogP contribution < -0.4 is 4.74 Å². The Morgan fingerprint density at radius 2 is 1.95 bits per heavy atom. The highest BCUT2D eigenvalue weighted by Gasteiger charge is 2.19. The summed E-state index contributed by atoms with van der Waals surface area (Å²) in [6.45, 7) is 0. The van der Waals surface area contributed by atoms with Gasteiger partial charge in [0.05, 0.1) is 17.4 Å². The van der Waals surface area contributed by atoms with E-state index in [1.165, 1.54) is 18.6 Å². The standard InChI is InChI=1S/C13H7ClF2N4O2/c14-7-5-18-13(19-6-7)21-9-2-1-3-17-11(9)10-4-8(12(15)16)20-22-10/h1-6,12H. The maximum absolute atomic E-state index is 12.6. The minimum Gasteiger partial charge on any atom is -0.422 e. The first-order chi connectivity index (χ1) is 10.6. The molecule has 0 aromatic carbocycles. The van der Waals surface area contributed by atoms with E-state index in [1.807, 2.05) is 0 Å². The van der Waals surface area contributed by atoms with Crippen LogP contribution in [0.1, 0.15) is 12.1 Å². The van der Waals surface area contributed by atoms with Gasteiger partial charge >= 0.3 is 6.01 Å². The van der Waals surface area contributed by atoms with Gasteiger partial charge in [-0.1, -0.05) is 16.8 Å². The zero-order valence-electron chi connectivity index (χ0n) is 10.8. The number of hydrogen-bond acceptors (Lipinski definition) is 6. The molecule has 0 fully saturated rings. The van der Waals surface area contributed by atoms with E-state index in [4.69, 9.17) is 20.9 Å². The maximum Gasteiger partial charge on any atom is 0.322 e. The Bertz CT molecular complexity index is 780. The summed E-state index contributed by atoms with van der Waals surface area (Å²) in [4.78, 5) is 11.8. The number of aromatic nitrogens is 4. The van der Waals surface area contributed by atoms with Gasteiger partial charge in [-0.25, -0.2) is 23.7 Å². The number of rotatable bonds is 4. The molecule has 0 radical (unpaired) electrons. The van der Waals surface area contributed by atoms with Crippen LogP contribution in [0.5, 0.6) is 11.8 Å². The molecule has 0 saturated carbocycles. The van der Waals surface area contributed by atoms with Crippen LogP contribution in [-0.4, -0.2) is 20.1 Å². The summed E-state index contributed by atoms with van der Waals surface area (Å²) in [6.07, 6.45) is 1.47. The van der Waals surface area contributed by atoms with E-state index in [-0.39, 0.29) is 23.2 Å². The van der Waals surface area contributed by atoms with Crippen LogP contribution in [0.2, 0.25) is 5.02 Å². The minimum absolute atomic E-state index is 0.0345. The molecule has 3 heterocycles. The van der Waals surface area contributed by atoms with Crippen molar-refractivity contribution in [2.24, 2.45) is 0 Å². The van der Waals surface area contributed by atoms with Crippen LogP contribution in [-0.2, 0) is 0 Å². The van der Waals surface area contributed by atoms with Crippen molar-refractivity contribution in [3.63, 3.8) is 0 Å². The molecule has 0 unspecified atom stereocenters. The van der Waals surface area contributed by atoms with E-state index in [0.717, 1.165) is 6.07 Å². The molecule has 0 N–H and O–H groups in total. The molecule has 0 atom stereocenters. The highest BCUT2D eigenvalue weighted by atomic mass is 35.5. The molecular formula is C13H7ClF2N4O2. The Labute approximate surface area is 127 Å². The van der Waals surface area contributed by atoms with Gasteiger partial charge in [0.2, 0.25) is 0 Å². The molecule has 22 heavy (non-hydrogen) atoms. The van der Waals surface area contributed by atoms with E-state index < -0.39 is 12.1 Å². The molecule has 0 aliphatic carbocycles. The summed E-state index contributed by atoms with van der Waals surface area (Å²) < 4.78 is 35.5. The van der Waals surface area contributed by atoms with E-state index in [2.05, 4.69) is 20.1 Å². The molecular weight excluding hydrogens is 318 g/mol. The van der Waals surface area contributed by atoms with Gasteiger partial charge in [0.15, 0.2) is 22.9 Å². The fourth-order valence-corrected chi connectivity index (χ4v) is 1.71. The lowest BCUT2D eigenvalue weighted by molar-refractivity contribution is 0.140. The number of alkyl halides is 2. The molecule has 0 spiro atoms. The summed E-state index contributed by atoms with van der Waals surface area (Å²) in [5, 5.41) is 3.64. The van der Waals surface area contributed by atoms with Gasteiger partial charge in [-0.2, -0.15) is 0 Å². The van der Waals surface area contributed by atoms with Gasteiger partial charge in [0.25, 0.3) is 6.43 Å². The third-order valence-corrected chi connectivity index (χ3v) is 2.75. The molecule has 9 heteroatoms. The van der Waals surface area contributed by atoms with E-state index >= 15 is 0 Å². The second-order valence-electron chi connectivity index (χ2n) is 4.05. The first kappa shape index (κ1) is 14.3. The third-order valence-electron chi connectivity index (χ3n) is 2.55. The molecule has 112 valence electrons. The topological polar surface area (TPSA) is 73.9 Å². The van der Waals surface area contributed by atoms with Crippen molar-refractivity contribution in [2.75, 3.05) is 0 Å². The van der Waals surface area contributed by atoms with Crippen LogP contribution in [0.4, 0.5) is 8.78 Å². The van der Waals surface area contributed by atoms with Gasteiger partial charge in [0, 0.05) is 12.3 Å². The first-order valence-corrected chi connectivity index (χ1v) is 6.37. The largest absolute Gasteiger partial charge is 0.422 e. The highest BCUT2D eigenvalue weighted by Crippen LogP contribution is 2.32. The number of ether oxygens (including phenoxy) is 1. The maximum atomic E-state index is 12.6. The Balaban J connectivity index is 1.93. The van der Waals surface area contributed by atoms with Crippen molar-refractivity contribution < 1.29 is 18.0 Å². The summed E-state index contributed by atoms with van der Waals surface area (Å²) in [7, 11) is 0. The first-order valence-electron chi connectivity index (χ1n) is 5.99. The quantitative estimate of drug-likeness (QED) is 0.724. The van der Waals surface area contributed by atoms with Crippen LogP contribution >= 0.6 is 11.6 Å². The second-order valence-corrected chi connectivity index (χ2v) is 4.49. The lowest BCUT2D eigenvalue weighted by atomic mass is 10.2. The Morgan fingerprint density at radius 1 is 1.18 bits per heavy atom. The van der Waals surface area contributed by atoms with Crippen LogP contribution in [0.25, 0.3) is 11.5 Å². The molecule has 0 bridgehead atoms. The van der Waals surface area contributed by atoms with Crippen LogP contribution in [0.15, 0.2) is 41.3 Å². The fraction of sp³-hybridized carbons (Fsp3) is 0.0769. The zero-order valence-corrected chi connectivity index (χ0v) is 11.5. The lowest BCUT2D eigenvalue weighted by Gasteiger charge is -2.06. The Kier molecular flexibility index (Phi) is 3.92. The molecule has 0 saturated heterocycles. The second kappa shape index (κ2) is 6.02. The SMILES string of the molecule is FC(F)c1cc(-c2ncccc2Oc2ncc(Cl)cn2)on1. The van der Waals surface area contributed by atoms with Crippen LogP contribution in [0.3, 0.4) is 0 Å². The fourth-order valence-electron chi connectivity index (χ4n) is 1.61. The molecule has 0 aliphatic heterocycles. The van der Waals surface area contributed by atoms with Gasteiger partial charge in [-0.3, -0.25) is 0 Å². The van der Waals surface area contributed by atoms with Crippen molar-refractivity contribution >= 4 is 11.6 Å². The van der Waals surface area contributed by atoms with Gasteiger partial charge < -0.3 is 9.26 Å². The van der Waals surface area contributed by atoms with E-state index in [9.17, 15) is 8.78 Å². The Morgan fingerprint density at radius 3 is 2.64 bits per heavy atom. The third kappa shape index (κ3) is 3.01. The van der Waals surface area contributed by atoms with Crippen molar-refractivity contribution in [2.45, 2.75) is 6.43 Å².